The van der Waals surface area contributed by atoms with Gasteiger partial charge >= 0.3 is 6.18 Å². The fourth-order valence-corrected chi connectivity index (χ4v) is 2.52. The number of carbonyl (C=O) groups excluding carboxylic acids is 1. The highest BCUT2D eigenvalue weighted by atomic mass is 35.5. The molecule has 3 rings (SSSR count). The van der Waals surface area contributed by atoms with E-state index in [1.807, 2.05) is 0 Å². The van der Waals surface area contributed by atoms with Crippen molar-refractivity contribution in [3.05, 3.63) is 68.6 Å². The molecule has 0 saturated carbocycles. The van der Waals surface area contributed by atoms with Gasteiger partial charge in [-0.15, -0.1) is 10.2 Å². The summed E-state index contributed by atoms with van der Waals surface area (Å²) >= 11 is 5.81. The highest BCUT2D eigenvalue weighted by Gasteiger charge is 2.32. The lowest BCUT2D eigenvalue weighted by Crippen LogP contribution is -2.24. The van der Waals surface area contributed by atoms with E-state index in [4.69, 9.17) is 11.6 Å². The number of nitro benzene ring substituents is 1. The van der Waals surface area contributed by atoms with Crippen LogP contribution in [0.2, 0.25) is 5.02 Å². The zero-order valence-electron chi connectivity index (χ0n) is 13.2. The SMILES string of the molecule is O=C(NCc1nnc2c(Cl)cc(C(F)(F)F)cn12)c1ccc([N+](=O)[O-])cc1. The highest BCUT2D eigenvalue weighted by molar-refractivity contribution is 6.33. The number of hydrogen-bond donors (Lipinski definition) is 1. The maximum atomic E-state index is 12.9. The summed E-state index contributed by atoms with van der Waals surface area (Å²) in [5, 5.41) is 20.3. The van der Waals surface area contributed by atoms with Crippen LogP contribution >= 0.6 is 11.6 Å². The summed E-state index contributed by atoms with van der Waals surface area (Å²) in [7, 11) is 0. The Labute approximate surface area is 153 Å². The zero-order valence-corrected chi connectivity index (χ0v) is 14.0. The van der Waals surface area contributed by atoms with Gasteiger partial charge in [0.1, 0.15) is 0 Å². The van der Waals surface area contributed by atoms with E-state index in [1.165, 1.54) is 12.1 Å². The molecule has 0 radical (unpaired) electrons. The van der Waals surface area contributed by atoms with Crippen LogP contribution in [-0.4, -0.2) is 25.4 Å². The Morgan fingerprint density at radius 1 is 1.26 bits per heavy atom. The Morgan fingerprint density at radius 2 is 1.93 bits per heavy atom. The number of nitrogens with one attached hydrogen (secondary N) is 1. The summed E-state index contributed by atoms with van der Waals surface area (Å²) in [6.45, 7) is -0.228. The van der Waals surface area contributed by atoms with Crippen molar-refractivity contribution in [3.63, 3.8) is 0 Å². The van der Waals surface area contributed by atoms with E-state index < -0.39 is 22.6 Å². The number of rotatable bonds is 4. The molecule has 2 aromatic heterocycles. The zero-order chi connectivity index (χ0) is 19.8. The molecule has 3 aromatic rings. The van der Waals surface area contributed by atoms with E-state index in [2.05, 4.69) is 15.5 Å². The topological polar surface area (TPSA) is 102 Å². The summed E-state index contributed by atoms with van der Waals surface area (Å²) in [5.74, 6) is -0.548. The first-order valence-electron chi connectivity index (χ1n) is 7.30. The molecule has 0 unspecified atom stereocenters. The van der Waals surface area contributed by atoms with Gasteiger partial charge in [-0.05, 0) is 18.2 Å². The summed E-state index contributed by atoms with van der Waals surface area (Å²) in [4.78, 5) is 22.1. The third kappa shape index (κ3) is 3.82. The first-order chi connectivity index (χ1) is 12.7. The molecule has 0 aliphatic carbocycles. The summed E-state index contributed by atoms with van der Waals surface area (Å²) < 4.78 is 39.8. The average molecular weight is 400 g/mol. The molecule has 0 fully saturated rings. The second kappa shape index (κ2) is 6.83. The fraction of sp³-hybridized carbons (Fsp3) is 0.133. The van der Waals surface area contributed by atoms with Gasteiger partial charge in [0.05, 0.1) is 22.1 Å². The molecule has 0 aliphatic heterocycles. The van der Waals surface area contributed by atoms with Gasteiger partial charge in [-0.1, -0.05) is 11.6 Å². The normalized spacial score (nSPS) is 11.6. The molecule has 27 heavy (non-hydrogen) atoms. The molecule has 12 heteroatoms. The predicted molar refractivity (Wildman–Crippen MR) is 87.3 cm³/mol. The Bertz CT molecular complexity index is 1030. The smallest absolute Gasteiger partial charge is 0.345 e. The third-order valence-corrected chi connectivity index (χ3v) is 3.88. The van der Waals surface area contributed by atoms with Crippen molar-refractivity contribution >= 4 is 28.8 Å². The van der Waals surface area contributed by atoms with Gasteiger partial charge in [0.2, 0.25) is 0 Å². The van der Waals surface area contributed by atoms with Gasteiger partial charge in [0.25, 0.3) is 11.6 Å². The minimum absolute atomic E-state index is 0.0178. The number of pyridine rings is 1. The number of alkyl halides is 3. The lowest BCUT2D eigenvalue weighted by atomic mass is 10.2. The molecular weight excluding hydrogens is 391 g/mol. The number of nitro groups is 1. The van der Waals surface area contributed by atoms with Crippen LogP contribution in [-0.2, 0) is 12.7 Å². The maximum absolute atomic E-state index is 12.9. The molecule has 140 valence electrons. The van der Waals surface area contributed by atoms with Crippen molar-refractivity contribution in [1.82, 2.24) is 19.9 Å². The number of aromatic nitrogens is 3. The van der Waals surface area contributed by atoms with Crippen molar-refractivity contribution in [1.29, 1.82) is 0 Å². The first-order valence-corrected chi connectivity index (χ1v) is 7.67. The lowest BCUT2D eigenvalue weighted by Gasteiger charge is -2.09. The second-order valence-electron chi connectivity index (χ2n) is 5.37. The van der Waals surface area contributed by atoms with Gasteiger partial charge in [-0.25, -0.2) is 0 Å². The minimum atomic E-state index is -4.61. The summed E-state index contributed by atoms with van der Waals surface area (Å²) in [6, 6.07) is 5.58. The second-order valence-corrected chi connectivity index (χ2v) is 5.78. The van der Waals surface area contributed by atoms with Crippen molar-refractivity contribution in [2.24, 2.45) is 0 Å². The third-order valence-electron chi connectivity index (χ3n) is 3.61. The number of non-ortho nitro benzene ring substituents is 1. The van der Waals surface area contributed by atoms with Crippen LogP contribution in [0.15, 0.2) is 36.5 Å². The van der Waals surface area contributed by atoms with Gasteiger partial charge in [-0.2, -0.15) is 13.2 Å². The van der Waals surface area contributed by atoms with Crippen molar-refractivity contribution < 1.29 is 22.9 Å². The number of carbonyl (C=O) groups is 1. The standard InChI is InChI=1S/C15H9ClF3N5O3/c16-11-5-9(15(17,18)19)7-23-12(21-22-13(11)23)6-20-14(25)8-1-3-10(4-2-8)24(26)27/h1-5,7H,6H2,(H,20,25). The van der Waals surface area contributed by atoms with Crippen LogP contribution in [0.4, 0.5) is 18.9 Å². The van der Waals surface area contributed by atoms with Gasteiger partial charge in [0.15, 0.2) is 11.5 Å². The number of benzene rings is 1. The van der Waals surface area contributed by atoms with Crippen LogP contribution in [0.5, 0.6) is 0 Å². The van der Waals surface area contributed by atoms with Gasteiger partial charge < -0.3 is 5.32 Å². The Morgan fingerprint density at radius 3 is 2.52 bits per heavy atom. The molecule has 1 aromatic carbocycles. The van der Waals surface area contributed by atoms with E-state index in [9.17, 15) is 28.1 Å². The van der Waals surface area contributed by atoms with Crippen molar-refractivity contribution in [3.8, 4) is 0 Å². The Hall–Kier alpha value is -3.21. The lowest BCUT2D eigenvalue weighted by molar-refractivity contribution is -0.384. The largest absolute Gasteiger partial charge is 0.417 e. The molecule has 0 saturated heterocycles. The van der Waals surface area contributed by atoms with Crippen LogP contribution in [0.1, 0.15) is 21.7 Å². The van der Waals surface area contributed by atoms with Crippen molar-refractivity contribution in [2.45, 2.75) is 12.7 Å². The monoisotopic (exact) mass is 399 g/mol. The van der Waals surface area contributed by atoms with E-state index in [0.29, 0.717) is 0 Å². The van der Waals surface area contributed by atoms with Gasteiger partial charge in [-0.3, -0.25) is 19.3 Å². The van der Waals surface area contributed by atoms with Crippen LogP contribution in [0.3, 0.4) is 0 Å². The van der Waals surface area contributed by atoms with Crippen LogP contribution < -0.4 is 5.32 Å². The number of fused-ring (bicyclic) bond motifs is 1. The van der Waals surface area contributed by atoms with Crippen LogP contribution in [0.25, 0.3) is 5.65 Å². The quantitative estimate of drug-likeness (QED) is 0.536. The minimum Gasteiger partial charge on any atom is -0.345 e. The fourth-order valence-electron chi connectivity index (χ4n) is 2.27. The molecule has 0 atom stereocenters. The van der Waals surface area contributed by atoms with E-state index in [1.54, 1.807) is 0 Å². The van der Waals surface area contributed by atoms with E-state index in [0.717, 1.165) is 28.8 Å². The predicted octanol–water partition coefficient (Wildman–Crippen LogP) is 3.24. The summed E-state index contributed by atoms with van der Waals surface area (Å²) in [5.41, 5.74) is -1.00. The maximum Gasteiger partial charge on any atom is 0.417 e. The molecule has 1 amide bonds. The Kier molecular flexibility index (Phi) is 4.70. The van der Waals surface area contributed by atoms with E-state index >= 15 is 0 Å². The van der Waals surface area contributed by atoms with Crippen molar-refractivity contribution in [2.75, 3.05) is 0 Å². The van der Waals surface area contributed by atoms with Crippen LogP contribution in [0, 0.1) is 10.1 Å². The Balaban J connectivity index is 1.81. The number of nitrogens with zero attached hydrogens (tertiary/aromatic N) is 4. The molecule has 2 heterocycles. The van der Waals surface area contributed by atoms with Gasteiger partial charge in [0, 0.05) is 23.9 Å². The highest BCUT2D eigenvalue weighted by Crippen LogP contribution is 2.32. The molecule has 0 spiro atoms. The number of hydrogen-bond acceptors (Lipinski definition) is 5. The molecule has 0 aliphatic rings. The first kappa shape index (κ1) is 18.6. The molecule has 8 nitrogen and oxygen atoms in total. The number of halogens is 4. The molecular formula is C15H9ClF3N5O3. The number of amides is 1. The summed E-state index contributed by atoms with van der Waals surface area (Å²) in [6.07, 6.45) is -3.82. The average Bonchev–Trinajstić information content (AvgIpc) is 3.02. The molecule has 0 bridgehead atoms. The van der Waals surface area contributed by atoms with E-state index in [-0.39, 0.29) is 34.3 Å². The molecule has 1 N–H and O–H groups in total.